The van der Waals surface area contributed by atoms with Gasteiger partial charge in [-0.3, -0.25) is 4.52 Å². The molecular weight excluding hydrogens is 331 g/mol. The molecule has 7 heteroatoms. The van der Waals surface area contributed by atoms with Crippen LogP contribution in [0.1, 0.15) is 11.1 Å². The van der Waals surface area contributed by atoms with Gasteiger partial charge in [-0.25, -0.2) is 9.36 Å². The summed E-state index contributed by atoms with van der Waals surface area (Å²) < 4.78 is 21.9. The van der Waals surface area contributed by atoms with E-state index < -0.39 is 26.0 Å². The number of ether oxygens (including phenoxy) is 1. The van der Waals surface area contributed by atoms with Gasteiger partial charge in [0, 0.05) is 6.08 Å². The van der Waals surface area contributed by atoms with E-state index in [-0.39, 0.29) is 0 Å². The molecule has 0 amide bonds. The molecule has 0 aromatic heterocycles. The van der Waals surface area contributed by atoms with Gasteiger partial charge in [-0.2, -0.15) is 0 Å². The largest absolute Gasteiger partial charge is 0.470 e. The third-order valence-electron chi connectivity index (χ3n) is 3.34. The zero-order valence-corrected chi connectivity index (χ0v) is 13.6. The van der Waals surface area contributed by atoms with Crippen LogP contribution in [0.15, 0.2) is 73.3 Å². The molecule has 24 heavy (non-hydrogen) atoms. The summed E-state index contributed by atoms with van der Waals surface area (Å²) in [5.41, 5.74) is -0.770. The summed E-state index contributed by atoms with van der Waals surface area (Å²) in [7, 11) is -4.90. The summed E-state index contributed by atoms with van der Waals surface area (Å²) in [5.74, 6) is -0.722. The number of carbonyl (C=O) groups is 1. The van der Waals surface area contributed by atoms with Crippen LogP contribution in [0.5, 0.6) is 0 Å². The van der Waals surface area contributed by atoms with Crippen molar-refractivity contribution in [2.45, 2.75) is 5.60 Å². The van der Waals surface area contributed by atoms with E-state index in [9.17, 15) is 19.1 Å². The Bertz CT molecular complexity index is 699. The van der Waals surface area contributed by atoms with Crippen molar-refractivity contribution in [3.63, 3.8) is 0 Å². The highest BCUT2D eigenvalue weighted by Gasteiger charge is 2.42. The summed E-state index contributed by atoms with van der Waals surface area (Å²) in [6.45, 7) is 2.89. The fourth-order valence-corrected chi connectivity index (χ4v) is 2.98. The maximum atomic E-state index is 11.6. The van der Waals surface area contributed by atoms with Crippen molar-refractivity contribution in [3.8, 4) is 0 Å². The van der Waals surface area contributed by atoms with E-state index in [0.29, 0.717) is 11.1 Å². The van der Waals surface area contributed by atoms with Crippen LogP contribution in [0.25, 0.3) is 0 Å². The highest BCUT2D eigenvalue weighted by Crippen LogP contribution is 2.48. The molecular formula is C17H17O6P. The molecule has 2 aromatic rings. The van der Waals surface area contributed by atoms with Crippen LogP contribution < -0.4 is 0 Å². The van der Waals surface area contributed by atoms with Crippen molar-refractivity contribution in [2.75, 3.05) is 6.61 Å². The van der Waals surface area contributed by atoms with Gasteiger partial charge in [-0.05, 0) is 11.1 Å². The maximum Gasteiger partial charge on any atom is 0.470 e. The van der Waals surface area contributed by atoms with Gasteiger partial charge < -0.3 is 14.5 Å². The van der Waals surface area contributed by atoms with Gasteiger partial charge in [-0.1, -0.05) is 67.2 Å². The molecule has 0 radical (unpaired) electrons. The Morgan fingerprint density at radius 2 is 1.50 bits per heavy atom. The third kappa shape index (κ3) is 4.40. The van der Waals surface area contributed by atoms with Gasteiger partial charge in [0.25, 0.3) is 0 Å². The molecule has 0 spiro atoms. The first-order valence-corrected chi connectivity index (χ1v) is 8.57. The lowest BCUT2D eigenvalue weighted by molar-refractivity contribution is -0.143. The minimum absolute atomic E-state index is 0.420. The third-order valence-corrected chi connectivity index (χ3v) is 3.89. The average Bonchev–Trinajstić information content (AvgIpc) is 2.59. The van der Waals surface area contributed by atoms with Crippen LogP contribution in [0.3, 0.4) is 0 Å². The maximum absolute atomic E-state index is 11.6. The fraction of sp³-hybridized carbons (Fsp3) is 0.118. The molecule has 0 unspecified atom stereocenters. The molecule has 0 fully saturated rings. The summed E-state index contributed by atoms with van der Waals surface area (Å²) in [6, 6.07) is 16.9. The second-order valence-electron chi connectivity index (χ2n) is 4.95. The molecule has 0 aliphatic rings. The highest BCUT2D eigenvalue weighted by molar-refractivity contribution is 7.46. The summed E-state index contributed by atoms with van der Waals surface area (Å²) in [4.78, 5) is 30.4. The van der Waals surface area contributed by atoms with Gasteiger partial charge in [0.2, 0.25) is 0 Å². The van der Waals surface area contributed by atoms with Crippen molar-refractivity contribution in [2.24, 2.45) is 0 Å². The summed E-state index contributed by atoms with van der Waals surface area (Å²) in [5, 5.41) is 0. The van der Waals surface area contributed by atoms with Crippen LogP contribution >= 0.6 is 7.82 Å². The predicted molar refractivity (Wildman–Crippen MR) is 87.9 cm³/mol. The van der Waals surface area contributed by atoms with Gasteiger partial charge >= 0.3 is 13.8 Å². The Morgan fingerprint density at radius 1 is 1.04 bits per heavy atom. The van der Waals surface area contributed by atoms with E-state index in [2.05, 4.69) is 6.58 Å². The first-order valence-electron chi connectivity index (χ1n) is 7.04. The topological polar surface area (TPSA) is 93.1 Å². The zero-order valence-electron chi connectivity index (χ0n) is 12.7. The van der Waals surface area contributed by atoms with Crippen molar-refractivity contribution >= 4 is 13.8 Å². The molecule has 0 aliphatic heterocycles. The Morgan fingerprint density at radius 3 is 1.88 bits per heavy atom. The number of rotatable bonds is 7. The second kappa shape index (κ2) is 7.55. The predicted octanol–water partition coefficient (Wildman–Crippen LogP) is 2.77. The van der Waals surface area contributed by atoms with E-state index in [0.717, 1.165) is 6.08 Å². The Labute approximate surface area is 139 Å². The SMILES string of the molecule is C=CC(=O)OCC(OP(=O)(O)O)(c1ccccc1)c1ccccc1. The number of phosphoric acid groups is 1. The standard InChI is InChI=1S/C17H17O6P/c1-2-16(18)22-13-17(23-24(19,20)21,14-9-5-3-6-10-14)15-11-7-4-8-12-15/h2-12H,1,13H2,(H2,19,20,21). The lowest BCUT2D eigenvalue weighted by Crippen LogP contribution is -2.36. The molecule has 0 saturated carbocycles. The van der Waals surface area contributed by atoms with Crippen LogP contribution in [0, 0.1) is 0 Å². The molecule has 126 valence electrons. The van der Waals surface area contributed by atoms with Crippen LogP contribution in [-0.2, 0) is 24.2 Å². The molecule has 0 atom stereocenters. The van der Waals surface area contributed by atoms with E-state index in [1.807, 2.05) is 0 Å². The minimum atomic E-state index is -4.90. The van der Waals surface area contributed by atoms with Gasteiger partial charge in [0.15, 0.2) is 5.60 Å². The van der Waals surface area contributed by atoms with Crippen molar-refractivity contribution in [1.29, 1.82) is 0 Å². The monoisotopic (exact) mass is 348 g/mol. The quantitative estimate of drug-likeness (QED) is 0.454. The molecule has 6 nitrogen and oxygen atoms in total. The minimum Gasteiger partial charge on any atom is -0.459 e. The van der Waals surface area contributed by atoms with E-state index in [1.54, 1.807) is 60.7 Å². The summed E-state index contributed by atoms with van der Waals surface area (Å²) in [6.07, 6.45) is 0.970. The lowest BCUT2D eigenvalue weighted by atomic mass is 9.87. The average molecular weight is 348 g/mol. The number of carbonyl (C=O) groups excluding carboxylic acids is 1. The van der Waals surface area contributed by atoms with Crippen LogP contribution in [-0.4, -0.2) is 22.4 Å². The van der Waals surface area contributed by atoms with Gasteiger partial charge in [-0.15, -0.1) is 0 Å². The number of hydrogen-bond acceptors (Lipinski definition) is 4. The van der Waals surface area contributed by atoms with E-state index >= 15 is 0 Å². The normalized spacial score (nSPS) is 11.8. The molecule has 0 bridgehead atoms. The number of phosphoric ester groups is 1. The highest BCUT2D eigenvalue weighted by atomic mass is 31.2. The summed E-state index contributed by atoms with van der Waals surface area (Å²) >= 11 is 0. The number of esters is 1. The van der Waals surface area contributed by atoms with E-state index in [1.165, 1.54) is 0 Å². The smallest absolute Gasteiger partial charge is 0.459 e. The van der Waals surface area contributed by atoms with Crippen LogP contribution in [0.2, 0.25) is 0 Å². The van der Waals surface area contributed by atoms with Crippen molar-refractivity contribution in [3.05, 3.63) is 84.4 Å². The molecule has 2 rings (SSSR count). The number of benzene rings is 2. The first-order chi connectivity index (χ1) is 11.4. The zero-order chi connectivity index (χ0) is 17.6. The van der Waals surface area contributed by atoms with Crippen molar-refractivity contribution < 1.29 is 28.4 Å². The van der Waals surface area contributed by atoms with Gasteiger partial charge in [0.1, 0.15) is 6.61 Å². The Kier molecular flexibility index (Phi) is 5.70. The molecule has 2 N–H and O–H groups in total. The van der Waals surface area contributed by atoms with Crippen molar-refractivity contribution in [1.82, 2.24) is 0 Å². The molecule has 0 saturated heterocycles. The number of hydrogen-bond donors (Lipinski definition) is 2. The Hall–Kier alpha value is -2.24. The molecule has 0 aliphatic carbocycles. The first kappa shape index (κ1) is 18.1. The lowest BCUT2D eigenvalue weighted by Gasteiger charge is -2.34. The molecule has 2 aromatic carbocycles. The van der Waals surface area contributed by atoms with E-state index in [4.69, 9.17) is 9.26 Å². The fourth-order valence-electron chi connectivity index (χ4n) is 2.31. The van der Waals surface area contributed by atoms with Gasteiger partial charge in [0.05, 0.1) is 0 Å². The molecule has 0 heterocycles. The Balaban J connectivity index is 2.60. The van der Waals surface area contributed by atoms with Crippen LogP contribution in [0.4, 0.5) is 0 Å². The second-order valence-corrected chi connectivity index (χ2v) is 6.12.